The molecule has 0 bridgehead atoms. The molecule has 0 unspecified atom stereocenters. The molecule has 3 rings (SSSR count). The number of hydrogen-bond acceptors (Lipinski definition) is 7. The number of benzene rings is 2. The van der Waals surface area contributed by atoms with E-state index in [0.29, 0.717) is 17.7 Å². The van der Waals surface area contributed by atoms with Crippen molar-refractivity contribution in [3.8, 4) is 0 Å². The average molecular weight is 362 g/mol. The zero-order valence-electron chi connectivity index (χ0n) is 12.6. The lowest BCUT2D eigenvalue weighted by Gasteiger charge is -2.17. The predicted octanol–water partition coefficient (Wildman–Crippen LogP) is 3.95. The Hall–Kier alpha value is -3.01. The molecule has 128 valence electrons. The van der Waals surface area contributed by atoms with Crippen molar-refractivity contribution >= 4 is 34.5 Å². The van der Waals surface area contributed by atoms with E-state index in [1.165, 1.54) is 18.2 Å². The van der Waals surface area contributed by atoms with E-state index < -0.39 is 21.4 Å². The summed E-state index contributed by atoms with van der Waals surface area (Å²) < 4.78 is 13.5. The molecule has 0 amide bonds. The maximum absolute atomic E-state index is 13.5. The highest BCUT2D eigenvalue weighted by Gasteiger charge is 2.21. The first kappa shape index (κ1) is 16.8. The fourth-order valence-corrected chi connectivity index (χ4v) is 3.38. The molecular formula is C15H11FN4O4S. The third-order valence-electron chi connectivity index (χ3n) is 3.55. The Bertz CT molecular complexity index is 903. The molecule has 0 radical (unpaired) electrons. The summed E-state index contributed by atoms with van der Waals surface area (Å²) in [5.74, 6) is 0.358. The second-order valence-corrected chi connectivity index (χ2v) is 6.26. The van der Waals surface area contributed by atoms with E-state index in [1.807, 2.05) is 0 Å². The van der Waals surface area contributed by atoms with Crippen LogP contribution in [0, 0.1) is 26.0 Å². The van der Waals surface area contributed by atoms with Crippen molar-refractivity contribution in [2.75, 3.05) is 11.2 Å². The van der Waals surface area contributed by atoms with E-state index in [1.54, 1.807) is 17.8 Å². The Labute approximate surface area is 145 Å². The van der Waals surface area contributed by atoms with Crippen molar-refractivity contribution in [2.24, 2.45) is 5.10 Å². The highest BCUT2D eigenvalue weighted by Crippen LogP contribution is 2.32. The van der Waals surface area contributed by atoms with Gasteiger partial charge in [-0.15, -0.1) is 11.8 Å². The van der Waals surface area contributed by atoms with Crippen LogP contribution in [0.25, 0.3) is 0 Å². The van der Waals surface area contributed by atoms with E-state index in [9.17, 15) is 24.6 Å². The molecule has 2 aromatic rings. The maximum atomic E-state index is 13.5. The fraction of sp³-hybridized carbons (Fsp3) is 0.133. The van der Waals surface area contributed by atoms with Gasteiger partial charge in [-0.1, -0.05) is 0 Å². The topological polar surface area (TPSA) is 111 Å². The van der Waals surface area contributed by atoms with Crippen LogP contribution >= 0.6 is 11.8 Å². The highest BCUT2D eigenvalue weighted by atomic mass is 32.2. The summed E-state index contributed by atoms with van der Waals surface area (Å²) in [5.41, 5.74) is 2.97. The van der Waals surface area contributed by atoms with Crippen molar-refractivity contribution in [3.63, 3.8) is 0 Å². The van der Waals surface area contributed by atoms with Gasteiger partial charge in [0.15, 0.2) is 0 Å². The third-order valence-corrected chi connectivity index (χ3v) is 4.62. The number of thioether (sulfide) groups is 1. The fourth-order valence-electron chi connectivity index (χ4n) is 2.37. The van der Waals surface area contributed by atoms with Gasteiger partial charge in [-0.3, -0.25) is 25.7 Å². The first-order valence-electron chi connectivity index (χ1n) is 7.14. The summed E-state index contributed by atoms with van der Waals surface area (Å²) in [6.45, 7) is 0. The van der Waals surface area contributed by atoms with Crippen LogP contribution in [0.2, 0.25) is 0 Å². The first-order chi connectivity index (χ1) is 12.0. The van der Waals surface area contributed by atoms with Gasteiger partial charge >= 0.3 is 5.69 Å². The molecule has 1 aliphatic rings. The molecule has 1 heterocycles. The average Bonchev–Trinajstić information content (AvgIpc) is 2.59. The monoisotopic (exact) mass is 362 g/mol. The molecule has 0 fully saturated rings. The molecule has 0 saturated carbocycles. The van der Waals surface area contributed by atoms with Gasteiger partial charge in [-0.05, 0) is 24.3 Å². The standard InChI is InChI=1S/C15H11FN4O4S/c16-9-1-4-15-11(7-9)12(5-6-25-15)17-18-13-3-2-10(19(21)22)8-14(13)20(23)24/h1-4,7-8,18H,5-6H2. The second-order valence-electron chi connectivity index (χ2n) is 5.12. The Morgan fingerprint density at radius 2 is 1.92 bits per heavy atom. The summed E-state index contributed by atoms with van der Waals surface area (Å²) in [7, 11) is 0. The van der Waals surface area contributed by atoms with Crippen LogP contribution in [0.15, 0.2) is 46.4 Å². The molecule has 0 spiro atoms. The van der Waals surface area contributed by atoms with Gasteiger partial charge in [0, 0.05) is 28.7 Å². The molecule has 2 aromatic carbocycles. The van der Waals surface area contributed by atoms with Crippen molar-refractivity contribution < 1.29 is 14.2 Å². The van der Waals surface area contributed by atoms with Gasteiger partial charge in [0.2, 0.25) is 0 Å². The highest BCUT2D eigenvalue weighted by molar-refractivity contribution is 7.99. The molecule has 0 saturated heterocycles. The molecule has 0 atom stereocenters. The lowest BCUT2D eigenvalue weighted by Crippen LogP contribution is -2.12. The van der Waals surface area contributed by atoms with Gasteiger partial charge in [-0.25, -0.2) is 4.39 Å². The third kappa shape index (κ3) is 3.58. The van der Waals surface area contributed by atoms with E-state index in [2.05, 4.69) is 10.5 Å². The molecule has 10 heteroatoms. The zero-order valence-corrected chi connectivity index (χ0v) is 13.5. The molecule has 25 heavy (non-hydrogen) atoms. The zero-order chi connectivity index (χ0) is 18.0. The number of non-ortho nitro benzene ring substituents is 1. The Morgan fingerprint density at radius 3 is 2.64 bits per heavy atom. The van der Waals surface area contributed by atoms with Gasteiger partial charge in [-0.2, -0.15) is 5.10 Å². The quantitative estimate of drug-likeness (QED) is 0.651. The van der Waals surface area contributed by atoms with Crippen LogP contribution in [-0.2, 0) is 0 Å². The molecule has 1 N–H and O–H groups in total. The van der Waals surface area contributed by atoms with Crippen LogP contribution in [0.1, 0.15) is 12.0 Å². The maximum Gasteiger partial charge on any atom is 0.301 e. The summed E-state index contributed by atoms with van der Waals surface area (Å²) in [4.78, 5) is 21.3. The van der Waals surface area contributed by atoms with Crippen molar-refractivity contribution in [1.82, 2.24) is 0 Å². The van der Waals surface area contributed by atoms with E-state index in [4.69, 9.17) is 0 Å². The van der Waals surface area contributed by atoms with Crippen molar-refractivity contribution in [1.29, 1.82) is 0 Å². The molecule has 0 aromatic heterocycles. The number of rotatable bonds is 4. The van der Waals surface area contributed by atoms with Gasteiger partial charge in [0.05, 0.1) is 21.6 Å². The van der Waals surface area contributed by atoms with Crippen molar-refractivity contribution in [3.05, 3.63) is 68.0 Å². The molecule has 0 aliphatic carbocycles. The lowest BCUT2D eigenvalue weighted by molar-refractivity contribution is -0.393. The van der Waals surface area contributed by atoms with Crippen molar-refractivity contribution in [2.45, 2.75) is 11.3 Å². The van der Waals surface area contributed by atoms with Gasteiger partial charge < -0.3 is 0 Å². The largest absolute Gasteiger partial charge is 0.301 e. The van der Waals surface area contributed by atoms with Gasteiger partial charge in [0.1, 0.15) is 11.5 Å². The summed E-state index contributed by atoms with van der Waals surface area (Å²) in [6.07, 6.45) is 0.564. The predicted molar refractivity (Wildman–Crippen MR) is 91.7 cm³/mol. The minimum absolute atomic E-state index is 0.0271. The second kappa shape index (κ2) is 6.85. The number of hydrazone groups is 1. The SMILES string of the molecule is O=[N+]([O-])c1ccc(NN=C2CCSc3ccc(F)cc32)c([N+](=O)[O-])c1. The Morgan fingerprint density at radius 1 is 1.12 bits per heavy atom. The number of nitrogens with zero attached hydrogens (tertiary/aromatic N) is 3. The summed E-state index contributed by atoms with van der Waals surface area (Å²) in [5, 5.41) is 26.1. The van der Waals surface area contributed by atoms with E-state index in [0.717, 1.165) is 22.8 Å². The molecule has 8 nitrogen and oxygen atoms in total. The van der Waals surface area contributed by atoms with E-state index >= 15 is 0 Å². The van der Waals surface area contributed by atoms with Crippen LogP contribution in [-0.4, -0.2) is 21.3 Å². The Balaban J connectivity index is 1.94. The van der Waals surface area contributed by atoms with Crippen LogP contribution in [0.5, 0.6) is 0 Å². The Kier molecular flexibility index (Phi) is 4.61. The van der Waals surface area contributed by atoms with Crippen LogP contribution in [0.4, 0.5) is 21.5 Å². The van der Waals surface area contributed by atoms with Gasteiger partial charge in [0.25, 0.3) is 5.69 Å². The number of halogens is 1. The number of nitro benzene ring substituents is 2. The summed E-state index contributed by atoms with van der Waals surface area (Å²) >= 11 is 1.58. The minimum Gasteiger partial charge on any atom is -0.271 e. The number of anilines is 1. The number of fused-ring (bicyclic) bond motifs is 1. The summed E-state index contributed by atoms with van der Waals surface area (Å²) in [6, 6.07) is 7.64. The smallest absolute Gasteiger partial charge is 0.271 e. The van der Waals surface area contributed by atoms with Crippen LogP contribution < -0.4 is 5.43 Å². The number of nitrogens with one attached hydrogen (secondary N) is 1. The minimum atomic E-state index is -0.722. The number of hydrogen-bond donors (Lipinski definition) is 1. The van der Waals surface area contributed by atoms with Crippen LogP contribution in [0.3, 0.4) is 0 Å². The molecule has 1 aliphatic heterocycles. The number of nitro groups is 2. The normalized spacial score (nSPS) is 14.8. The lowest BCUT2D eigenvalue weighted by atomic mass is 10.1. The molecular weight excluding hydrogens is 351 g/mol. The van der Waals surface area contributed by atoms with E-state index in [-0.39, 0.29) is 11.4 Å². The first-order valence-corrected chi connectivity index (χ1v) is 8.12.